The molecule has 0 N–H and O–H groups in total. The van der Waals surface area contributed by atoms with E-state index in [1.54, 1.807) is 33.5 Å². The number of hydrogen-bond donors (Lipinski definition) is 0. The van der Waals surface area contributed by atoms with E-state index >= 15 is 0 Å². The van der Waals surface area contributed by atoms with E-state index in [0.29, 0.717) is 17.1 Å². The predicted molar refractivity (Wildman–Crippen MR) is 135 cm³/mol. The Kier molecular flexibility index (Phi) is 6.51. The Labute approximate surface area is 204 Å². The molecule has 35 heavy (non-hydrogen) atoms. The number of benzene rings is 3. The van der Waals surface area contributed by atoms with Gasteiger partial charge in [-0.2, -0.15) is 0 Å². The summed E-state index contributed by atoms with van der Waals surface area (Å²) in [5, 5.41) is 0.975. The monoisotopic (exact) mass is 476 g/mol. The number of nitrogens with zero attached hydrogens (tertiary/aromatic N) is 2. The van der Waals surface area contributed by atoms with Crippen LogP contribution < -0.4 is 19.1 Å². The summed E-state index contributed by atoms with van der Waals surface area (Å²) in [7, 11) is 4.96. The second kappa shape index (κ2) is 9.88. The molecule has 1 aliphatic rings. The van der Waals surface area contributed by atoms with Crippen LogP contribution in [0.4, 0.5) is 10.1 Å². The number of furan rings is 1. The van der Waals surface area contributed by atoms with Crippen LogP contribution in [0.25, 0.3) is 22.3 Å². The van der Waals surface area contributed by atoms with E-state index in [4.69, 9.17) is 18.6 Å². The average Bonchev–Trinajstić information content (AvgIpc) is 3.33. The van der Waals surface area contributed by atoms with E-state index in [1.165, 1.54) is 17.7 Å². The van der Waals surface area contributed by atoms with Gasteiger partial charge in [0.15, 0.2) is 22.8 Å². The molecule has 182 valence electrons. The Bertz CT molecular complexity index is 1310. The third kappa shape index (κ3) is 4.77. The summed E-state index contributed by atoms with van der Waals surface area (Å²) in [5.74, 6) is 2.61. The number of rotatable bonds is 7. The van der Waals surface area contributed by atoms with Gasteiger partial charge < -0.3 is 23.5 Å². The van der Waals surface area contributed by atoms with Gasteiger partial charge >= 0.3 is 0 Å². The van der Waals surface area contributed by atoms with E-state index in [2.05, 4.69) is 21.9 Å². The first-order valence-corrected chi connectivity index (χ1v) is 11.6. The van der Waals surface area contributed by atoms with Gasteiger partial charge in [0.1, 0.15) is 11.6 Å². The summed E-state index contributed by atoms with van der Waals surface area (Å²) in [6.45, 7) is 4.57. The fraction of sp³-hybridized carbons (Fsp3) is 0.286. The third-order valence-corrected chi connectivity index (χ3v) is 6.50. The zero-order valence-electron chi connectivity index (χ0n) is 20.2. The number of piperazine rings is 1. The summed E-state index contributed by atoms with van der Waals surface area (Å²) in [5.41, 5.74) is 3.84. The minimum absolute atomic E-state index is 0.268. The summed E-state index contributed by atoms with van der Waals surface area (Å²) >= 11 is 0. The van der Waals surface area contributed by atoms with Crippen molar-refractivity contribution in [2.45, 2.75) is 6.54 Å². The van der Waals surface area contributed by atoms with Gasteiger partial charge in [0.25, 0.3) is 0 Å². The van der Waals surface area contributed by atoms with Crippen LogP contribution in [-0.4, -0.2) is 52.4 Å². The Morgan fingerprint density at radius 2 is 1.49 bits per heavy atom. The molecule has 0 aliphatic carbocycles. The van der Waals surface area contributed by atoms with Gasteiger partial charge in [-0.25, -0.2) is 4.39 Å². The fourth-order valence-corrected chi connectivity index (χ4v) is 4.62. The molecule has 1 fully saturated rings. The van der Waals surface area contributed by atoms with Crippen molar-refractivity contribution in [2.24, 2.45) is 0 Å². The lowest BCUT2D eigenvalue weighted by molar-refractivity contribution is 0.249. The number of methoxy groups -OCH3 is 3. The predicted octanol–water partition coefficient (Wildman–Crippen LogP) is 5.59. The van der Waals surface area contributed by atoms with Crippen molar-refractivity contribution in [1.29, 1.82) is 0 Å². The van der Waals surface area contributed by atoms with Crippen LogP contribution >= 0.6 is 0 Å². The maximum Gasteiger partial charge on any atom is 0.176 e. The van der Waals surface area contributed by atoms with E-state index in [1.807, 2.05) is 24.3 Å². The first-order chi connectivity index (χ1) is 17.1. The number of halogens is 1. The summed E-state index contributed by atoms with van der Waals surface area (Å²) in [6, 6.07) is 18.6. The standard InChI is InChI=1S/C28H29FN2O4/c1-32-24-9-8-23(17-26(24)33-2)31-12-10-30(11-13-31)18-19-14-21-16-25(20-4-6-22(29)7-5-20)35-28(21)27(15-19)34-3/h4-9,14-17H,10-13,18H2,1-3H3. The molecule has 6 nitrogen and oxygen atoms in total. The van der Waals surface area contributed by atoms with E-state index < -0.39 is 0 Å². The van der Waals surface area contributed by atoms with Gasteiger partial charge in [-0.05, 0) is 60.2 Å². The fourth-order valence-electron chi connectivity index (χ4n) is 4.62. The lowest BCUT2D eigenvalue weighted by Gasteiger charge is -2.36. The molecule has 1 saturated heterocycles. The van der Waals surface area contributed by atoms with Crippen molar-refractivity contribution in [1.82, 2.24) is 4.90 Å². The highest BCUT2D eigenvalue weighted by Crippen LogP contribution is 2.35. The largest absolute Gasteiger partial charge is 0.493 e. The molecule has 7 heteroatoms. The molecular weight excluding hydrogens is 447 g/mol. The van der Waals surface area contributed by atoms with E-state index in [9.17, 15) is 4.39 Å². The molecule has 0 spiro atoms. The van der Waals surface area contributed by atoms with E-state index in [-0.39, 0.29) is 5.82 Å². The molecular formula is C28H29FN2O4. The van der Waals surface area contributed by atoms with Crippen LogP contribution in [0.2, 0.25) is 0 Å². The Morgan fingerprint density at radius 1 is 0.771 bits per heavy atom. The quantitative estimate of drug-likeness (QED) is 0.347. The Hall–Kier alpha value is -3.71. The molecule has 0 unspecified atom stereocenters. The number of fused-ring (bicyclic) bond motifs is 1. The molecule has 0 saturated carbocycles. The zero-order valence-corrected chi connectivity index (χ0v) is 20.2. The normalized spacial score (nSPS) is 14.3. The molecule has 0 radical (unpaired) electrons. The maximum absolute atomic E-state index is 13.3. The lowest BCUT2D eigenvalue weighted by Crippen LogP contribution is -2.45. The Morgan fingerprint density at radius 3 is 2.17 bits per heavy atom. The van der Waals surface area contributed by atoms with Gasteiger partial charge in [0, 0.05) is 55.4 Å². The molecule has 4 aromatic rings. The molecule has 2 heterocycles. The van der Waals surface area contributed by atoms with Crippen LogP contribution in [0.5, 0.6) is 17.2 Å². The highest BCUT2D eigenvalue weighted by molar-refractivity contribution is 5.88. The van der Waals surface area contributed by atoms with Crippen LogP contribution in [-0.2, 0) is 6.54 Å². The molecule has 1 aromatic heterocycles. The SMILES string of the molecule is COc1ccc(N2CCN(Cc3cc(OC)c4oc(-c5ccc(F)cc5)cc4c3)CC2)cc1OC. The first-order valence-electron chi connectivity index (χ1n) is 11.6. The van der Waals surface area contributed by atoms with Gasteiger partial charge in [0.05, 0.1) is 21.3 Å². The van der Waals surface area contributed by atoms with Crippen molar-refractivity contribution < 1.29 is 23.0 Å². The Balaban J connectivity index is 1.30. The third-order valence-electron chi connectivity index (χ3n) is 6.50. The molecule has 0 atom stereocenters. The van der Waals surface area contributed by atoms with Crippen LogP contribution in [0.3, 0.4) is 0 Å². The average molecular weight is 477 g/mol. The van der Waals surface area contributed by atoms with Crippen molar-refractivity contribution >= 4 is 16.7 Å². The van der Waals surface area contributed by atoms with Crippen molar-refractivity contribution in [3.63, 3.8) is 0 Å². The van der Waals surface area contributed by atoms with Gasteiger partial charge in [-0.3, -0.25) is 4.90 Å². The molecule has 0 bridgehead atoms. The summed E-state index contributed by atoms with van der Waals surface area (Å²) < 4.78 is 35.8. The van der Waals surface area contributed by atoms with Crippen molar-refractivity contribution in [3.8, 4) is 28.6 Å². The summed E-state index contributed by atoms with van der Waals surface area (Å²) in [4.78, 5) is 4.81. The smallest absolute Gasteiger partial charge is 0.176 e. The van der Waals surface area contributed by atoms with Gasteiger partial charge in [0.2, 0.25) is 0 Å². The highest BCUT2D eigenvalue weighted by Gasteiger charge is 2.20. The number of hydrogen-bond acceptors (Lipinski definition) is 6. The molecule has 1 aliphatic heterocycles. The minimum atomic E-state index is -0.268. The highest BCUT2D eigenvalue weighted by atomic mass is 19.1. The first kappa shape index (κ1) is 23.1. The van der Waals surface area contributed by atoms with E-state index in [0.717, 1.165) is 60.9 Å². The lowest BCUT2D eigenvalue weighted by atomic mass is 10.1. The zero-order chi connectivity index (χ0) is 24.4. The van der Waals surface area contributed by atoms with Crippen molar-refractivity contribution in [3.05, 3.63) is 72.0 Å². The van der Waals surface area contributed by atoms with Crippen LogP contribution in [0.1, 0.15) is 5.56 Å². The summed E-state index contributed by atoms with van der Waals surface area (Å²) in [6.07, 6.45) is 0. The van der Waals surface area contributed by atoms with Crippen molar-refractivity contribution in [2.75, 3.05) is 52.4 Å². The van der Waals surface area contributed by atoms with Crippen LogP contribution in [0.15, 0.2) is 65.1 Å². The van der Waals surface area contributed by atoms with Gasteiger partial charge in [-0.15, -0.1) is 0 Å². The molecule has 5 rings (SSSR count). The van der Waals surface area contributed by atoms with Gasteiger partial charge in [-0.1, -0.05) is 0 Å². The molecule has 3 aromatic carbocycles. The number of anilines is 1. The number of ether oxygens (including phenoxy) is 3. The maximum atomic E-state index is 13.3. The molecule has 0 amide bonds. The topological polar surface area (TPSA) is 47.3 Å². The second-order valence-corrected chi connectivity index (χ2v) is 8.64. The second-order valence-electron chi connectivity index (χ2n) is 8.64. The van der Waals surface area contributed by atoms with Crippen LogP contribution in [0, 0.1) is 5.82 Å². The minimum Gasteiger partial charge on any atom is -0.493 e.